The van der Waals surface area contributed by atoms with Crippen LogP contribution in [0.4, 0.5) is 0 Å². The fraction of sp³-hybridized carbons (Fsp3) is 1.00. The minimum Gasteiger partial charge on any atom is -0.386 e. The van der Waals surface area contributed by atoms with Gasteiger partial charge in [0, 0.05) is 19.3 Å². The third-order valence-electron chi connectivity index (χ3n) is 3.20. The second kappa shape index (κ2) is 4.55. The van der Waals surface area contributed by atoms with E-state index in [9.17, 15) is 0 Å². The Morgan fingerprint density at radius 2 is 1.54 bits per heavy atom. The van der Waals surface area contributed by atoms with Crippen LogP contribution in [0.25, 0.3) is 0 Å². The van der Waals surface area contributed by atoms with Gasteiger partial charge < -0.3 is 8.85 Å². The molecule has 4 heteroatoms. The van der Waals surface area contributed by atoms with Crippen LogP contribution < -0.4 is 4.98 Å². The summed E-state index contributed by atoms with van der Waals surface area (Å²) in [5.41, 5.74) is 0. The molecule has 0 aliphatic rings. The molecular formula is C9H23NO2Si. The van der Waals surface area contributed by atoms with Gasteiger partial charge in [0.25, 0.3) is 0 Å². The zero-order valence-corrected chi connectivity index (χ0v) is 10.9. The molecule has 1 N–H and O–H groups in total. The van der Waals surface area contributed by atoms with E-state index >= 15 is 0 Å². The van der Waals surface area contributed by atoms with Gasteiger partial charge in [0.2, 0.25) is 0 Å². The van der Waals surface area contributed by atoms with Crippen LogP contribution in [-0.4, -0.2) is 30.0 Å². The normalized spacial score (nSPS) is 13.8. The molecule has 0 aromatic carbocycles. The molecule has 0 heterocycles. The van der Waals surface area contributed by atoms with Gasteiger partial charge in [-0.15, -0.1) is 0 Å². The summed E-state index contributed by atoms with van der Waals surface area (Å²) >= 11 is 0. The van der Waals surface area contributed by atoms with Gasteiger partial charge >= 0.3 is 8.72 Å². The Kier molecular flexibility index (Phi) is 4.58. The maximum Gasteiger partial charge on any atom is 0.430 e. The Hall–Kier alpha value is 0.0969. The van der Waals surface area contributed by atoms with Gasteiger partial charge in [-0.1, -0.05) is 27.7 Å². The summed E-state index contributed by atoms with van der Waals surface area (Å²) in [4.78, 5) is 3.23. The molecule has 0 saturated heterocycles. The van der Waals surface area contributed by atoms with Crippen LogP contribution in [0.5, 0.6) is 0 Å². The molecule has 0 rings (SSSR count). The van der Waals surface area contributed by atoms with Crippen LogP contribution in [0.2, 0.25) is 5.04 Å². The molecule has 0 aromatic rings. The molecule has 0 aliphatic carbocycles. The van der Waals surface area contributed by atoms with Crippen molar-refractivity contribution in [3.05, 3.63) is 0 Å². The number of hydrogen-bond donors (Lipinski definition) is 1. The lowest BCUT2D eigenvalue weighted by molar-refractivity contribution is 0.182. The van der Waals surface area contributed by atoms with E-state index in [0.29, 0.717) is 5.92 Å². The van der Waals surface area contributed by atoms with E-state index in [1.807, 2.05) is 7.05 Å². The summed E-state index contributed by atoms with van der Waals surface area (Å²) in [5.74, 6) is 0.520. The lowest BCUT2D eigenvalue weighted by Gasteiger charge is -2.42. The smallest absolute Gasteiger partial charge is 0.386 e. The number of rotatable bonds is 5. The molecule has 0 unspecified atom stereocenters. The van der Waals surface area contributed by atoms with Crippen molar-refractivity contribution in [1.82, 2.24) is 4.98 Å². The second-order valence-electron chi connectivity index (χ2n) is 4.15. The zero-order chi connectivity index (χ0) is 10.7. The minimum absolute atomic E-state index is 0.0469. The highest BCUT2D eigenvalue weighted by atomic mass is 28.4. The molecule has 0 saturated carbocycles. The van der Waals surface area contributed by atoms with Gasteiger partial charge in [-0.2, -0.15) is 0 Å². The van der Waals surface area contributed by atoms with Crippen molar-refractivity contribution < 1.29 is 8.85 Å². The third-order valence-corrected chi connectivity index (χ3v) is 7.28. The number of nitrogens with one attached hydrogen (secondary N) is 1. The molecule has 13 heavy (non-hydrogen) atoms. The van der Waals surface area contributed by atoms with Crippen molar-refractivity contribution >= 4 is 8.72 Å². The summed E-state index contributed by atoms with van der Waals surface area (Å²) in [6.07, 6.45) is 0. The average Bonchev–Trinajstić information content (AvgIpc) is 2.08. The highest BCUT2D eigenvalue weighted by molar-refractivity contribution is 6.68. The van der Waals surface area contributed by atoms with Crippen LogP contribution in [0.15, 0.2) is 0 Å². The predicted octanol–water partition coefficient (Wildman–Crippen LogP) is 1.87. The molecule has 3 nitrogen and oxygen atoms in total. The van der Waals surface area contributed by atoms with Crippen molar-refractivity contribution in [2.75, 3.05) is 21.3 Å². The first kappa shape index (κ1) is 13.1. The minimum atomic E-state index is -2.26. The van der Waals surface area contributed by atoms with Gasteiger partial charge in [-0.3, -0.25) is 4.98 Å². The van der Waals surface area contributed by atoms with Gasteiger partial charge in [0.1, 0.15) is 0 Å². The summed E-state index contributed by atoms with van der Waals surface area (Å²) in [6.45, 7) is 8.76. The van der Waals surface area contributed by atoms with E-state index in [1.54, 1.807) is 14.2 Å². The maximum atomic E-state index is 5.57. The standard InChI is InChI=1S/C9H23NO2Si/c1-8(2)9(3,4)13(10-5,11-6)12-7/h8,10H,1-7H3. The Morgan fingerprint density at radius 3 is 1.62 bits per heavy atom. The average molecular weight is 205 g/mol. The Bertz CT molecular complexity index is 147. The molecule has 0 fully saturated rings. The van der Waals surface area contributed by atoms with E-state index < -0.39 is 8.72 Å². The lowest BCUT2D eigenvalue weighted by Crippen LogP contribution is -2.62. The van der Waals surface area contributed by atoms with Gasteiger partial charge in [-0.05, 0) is 13.0 Å². The highest BCUT2D eigenvalue weighted by Gasteiger charge is 2.52. The second-order valence-corrected chi connectivity index (χ2v) is 7.99. The summed E-state index contributed by atoms with van der Waals surface area (Å²) in [7, 11) is 3.09. The largest absolute Gasteiger partial charge is 0.430 e. The monoisotopic (exact) mass is 205 g/mol. The molecule has 80 valence electrons. The van der Waals surface area contributed by atoms with Crippen LogP contribution in [0.1, 0.15) is 27.7 Å². The molecule has 0 aromatic heterocycles. The summed E-state index contributed by atoms with van der Waals surface area (Å²) < 4.78 is 11.1. The van der Waals surface area contributed by atoms with Crippen molar-refractivity contribution in [3.63, 3.8) is 0 Å². The predicted molar refractivity (Wildman–Crippen MR) is 57.7 cm³/mol. The first-order chi connectivity index (χ1) is 5.88. The Balaban J connectivity index is 4.91. The van der Waals surface area contributed by atoms with Crippen molar-refractivity contribution in [2.24, 2.45) is 5.92 Å². The topological polar surface area (TPSA) is 30.5 Å². The van der Waals surface area contributed by atoms with Crippen molar-refractivity contribution in [3.8, 4) is 0 Å². The Morgan fingerprint density at radius 1 is 1.15 bits per heavy atom. The van der Waals surface area contributed by atoms with E-state index in [1.165, 1.54) is 0 Å². The quantitative estimate of drug-likeness (QED) is 0.695. The lowest BCUT2D eigenvalue weighted by atomic mass is 9.99. The van der Waals surface area contributed by atoms with Crippen LogP contribution >= 0.6 is 0 Å². The summed E-state index contributed by atoms with van der Waals surface area (Å²) in [5, 5.41) is 0.0469. The molecule has 0 radical (unpaired) electrons. The van der Waals surface area contributed by atoms with E-state index in [2.05, 4.69) is 32.7 Å². The van der Waals surface area contributed by atoms with Crippen molar-refractivity contribution in [2.45, 2.75) is 32.7 Å². The van der Waals surface area contributed by atoms with E-state index in [-0.39, 0.29) is 5.04 Å². The maximum absolute atomic E-state index is 5.57. The van der Waals surface area contributed by atoms with Gasteiger partial charge in [0.15, 0.2) is 0 Å². The fourth-order valence-electron chi connectivity index (χ4n) is 1.52. The molecule has 0 spiro atoms. The van der Waals surface area contributed by atoms with Crippen LogP contribution in [-0.2, 0) is 8.85 Å². The summed E-state index contributed by atoms with van der Waals surface area (Å²) in [6, 6.07) is 0. The molecular weight excluding hydrogens is 182 g/mol. The highest BCUT2D eigenvalue weighted by Crippen LogP contribution is 2.42. The SMILES string of the molecule is CN[Si](OC)(OC)C(C)(C)C(C)C. The van der Waals surface area contributed by atoms with Crippen LogP contribution in [0, 0.1) is 5.92 Å². The molecule has 0 amide bonds. The zero-order valence-electron chi connectivity index (χ0n) is 9.89. The third kappa shape index (κ3) is 2.12. The van der Waals surface area contributed by atoms with Gasteiger partial charge in [-0.25, -0.2) is 0 Å². The van der Waals surface area contributed by atoms with E-state index in [4.69, 9.17) is 8.85 Å². The van der Waals surface area contributed by atoms with E-state index in [0.717, 1.165) is 0 Å². The molecule has 0 aliphatic heterocycles. The fourth-order valence-corrected chi connectivity index (χ4v) is 4.55. The molecule has 0 bridgehead atoms. The number of hydrogen-bond acceptors (Lipinski definition) is 3. The first-order valence-electron chi connectivity index (χ1n) is 4.67. The first-order valence-corrected chi connectivity index (χ1v) is 6.48. The van der Waals surface area contributed by atoms with Crippen LogP contribution in [0.3, 0.4) is 0 Å². The molecule has 0 atom stereocenters. The van der Waals surface area contributed by atoms with Gasteiger partial charge in [0.05, 0.1) is 0 Å². The van der Waals surface area contributed by atoms with Crippen molar-refractivity contribution in [1.29, 1.82) is 0 Å². The Labute approximate surface area is 83.1 Å².